The maximum Gasteiger partial charge on any atom is 0.257 e. The van der Waals surface area contributed by atoms with Crippen molar-refractivity contribution in [1.29, 1.82) is 0 Å². The first-order chi connectivity index (χ1) is 11.7. The summed E-state index contributed by atoms with van der Waals surface area (Å²) in [5.41, 5.74) is 1.14. The predicted molar refractivity (Wildman–Crippen MR) is 96.2 cm³/mol. The third-order valence-electron chi connectivity index (χ3n) is 4.37. The van der Waals surface area contributed by atoms with Crippen molar-refractivity contribution in [2.45, 2.75) is 32.4 Å². The first kappa shape index (κ1) is 15.8. The number of nitrogens with zero attached hydrogens (tertiary/aromatic N) is 3. The summed E-state index contributed by atoms with van der Waals surface area (Å²) < 4.78 is 5.98. The summed E-state index contributed by atoms with van der Waals surface area (Å²) in [6.45, 7) is 3.90. The Kier molecular flexibility index (Phi) is 4.39. The number of thiophene rings is 1. The van der Waals surface area contributed by atoms with E-state index in [-0.39, 0.29) is 6.04 Å². The zero-order valence-electron chi connectivity index (χ0n) is 13.4. The molecule has 0 amide bonds. The average molecular weight is 360 g/mol. The van der Waals surface area contributed by atoms with Gasteiger partial charge in [0.05, 0.1) is 10.9 Å². The van der Waals surface area contributed by atoms with E-state index in [0.29, 0.717) is 11.8 Å². The zero-order chi connectivity index (χ0) is 16.5. The molecular formula is C18H18ClN3OS. The maximum atomic E-state index is 6.31. The van der Waals surface area contributed by atoms with Crippen LogP contribution in [0.25, 0.3) is 10.8 Å². The molecule has 0 bridgehead atoms. The number of aromatic nitrogens is 2. The SMILES string of the molecule is Cc1ccc(-c2nnc(C3CCCN3Cc3ccccc3Cl)o2)s1. The second-order valence-corrected chi connectivity index (χ2v) is 7.77. The minimum absolute atomic E-state index is 0.170. The minimum atomic E-state index is 0.170. The van der Waals surface area contributed by atoms with Crippen molar-refractivity contribution in [1.82, 2.24) is 15.1 Å². The number of aryl methyl sites for hydroxylation is 1. The largest absolute Gasteiger partial charge is 0.418 e. The van der Waals surface area contributed by atoms with Gasteiger partial charge in [-0.1, -0.05) is 29.8 Å². The van der Waals surface area contributed by atoms with Crippen molar-refractivity contribution in [3.63, 3.8) is 0 Å². The van der Waals surface area contributed by atoms with Crippen LogP contribution >= 0.6 is 22.9 Å². The predicted octanol–water partition coefficient (Wildman–Crippen LogP) is 5.10. The summed E-state index contributed by atoms with van der Waals surface area (Å²) >= 11 is 7.98. The number of benzene rings is 1. The van der Waals surface area contributed by atoms with Crippen molar-refractivity contribution < 1.29 is 4.42 Å². The van der Waals surface area contributed by atoms with Gasteiger partial charge in [0.1, 0.15) is 0 Å². The summed E-state index contributed by atoms with van der Waals surface area (Å²) in [4.78, 5) is 4.64. The highest BCUT2D eigenvalue weighted by atomic mass is 35.5. The zero-order valence-corrected chi connectivity index (χ0v) is 15.0. The monoisotopic (exact) mass is 359 g/mol. The fourth-order valence-corrected chi connectivity index (χ4v) is 4.14. The van der Waals surface area contributed by atoms with Crippen LogP contribution in [0.2, 0.25) is 5.02 Å². The summed E-state index contributed by atoms with van der Waals surface area (Å²) in [7, 11) is 0. The molecule has 4 nitrogen and oxygen atoms in total. The number of likely N-dealkylation sites (tertiary alicyclic amines) is 1. The molecule has 6 heteroatoms. The Morgan fingerprint density at radius 1 is 1.25 bits per heavy atom. The van der Waals surface area contributed by atoms with Crippen LogP contribution in [0.3, 0.4) is 0 Å². The third-order valence-corrected chi connectivity index (χ3v) is 5.73. The normalized spacial score (nSPS) is 18.3. The van der Waals surface area contributed by atoms with Crippen molar-refractivity contribution in [3.8, 4) is 10.8 Å². The van der Waals surface area contributed by atoms with E-state index in [1.54, 1.807) is 11.3 Å². The van der Waals surface area contributed by atoms with E-state index in [4.69, 9.17) is 16.0 Å². The molecular weight excluding hydrogens is 342 g/mol. The topological polar surface area (TPSA) is 42.2 Å². The Morgan fingerprint density at radius 2 is 2.12 bits per heavy atom. The lowest BCUT2D eigenvalue weighted by atomic mass is 10.2. The first-order valence-corrected chi connectivity index (χ1v) is 9.28. The second-order valence-electron chi connectivity index (χ2n) is 6.08. The Morgan fingerprint density at radius 3 is 2.92 bits per heavy atom. The Bertz CT molecular complexity index is 844. The Labute approximate surface area is 150 Å². The summed E-state index contributed by atoms with van der Waals surface area (Å²) in [5, 5.41) is 9.37. The summed E-state index contributed by atoms with van der Waals surface area (Å²) in [6.07, 6.45) is 2.17. The standard InChI is InChI=1S/C18H18ClN3OS/c1-12-8-9-16(24-12)18-21-20-17(23-18)15-7-4-10-22(15)11-13-5-2-3-6-14(13)19/h2-3,5-6,8-9,15H,4,7,10-11H2,1H3. The van der Waals surface area contributed by atoms with Gasteiger partial charge in [-0.2, -0.15) is 0 Å². The highest BCUT2D eigenvalue weighted by molar-refractivity contribution is 7.15. The van der Waals surface area contributed by atoms with Gasteiger partial charge in [-0.3, -0.25) is 4.90 Å². The molecule has 1 aliphatic rings. The van der Waals surface area contributed by atoms with Gasteiger partial charge in [0.25, 0.3) is 5.89 Å². The van der Waals surface area contributed by atoms with Gasteiger partial charge in [0.2, 0.25) is 5.89 Å². The number of rotatable bonds is 4. The van der Waals surface area contributed by atoms with Gasteiger partial charge in [-0.25, -0.2) is 0 Å². The Hall–Kier alpha value is -1.69. The van der Waals surface area contributed by atoms with Crippen LogP contribution < -0.4 is 0 Å². The van der Waals surface area contributed by atoms with Gasteiger partial charge in [-0.15, -0.1) is 21.5 Å². The Balaban J connectivity index is 1.55. The molecule has 0 spiro atoms. The van der Waals surface area contributed by atoms with E-state index >= 15 is 0 Å². The van der Waals surface area contributed by atoms with Gasteiger partial charge in [0, 0.05) is 16.4 Å². The average Bonchev–Trinajstić information content (AvgIpc) is 3.29. The van der Waals surface area contributed by atoms with Gasteiger partial charge in [0.15, 0.2) is 0 Å². The van der Waals surface area contributed by atoms with Crippen LogP contribution in [-0.4, -0.2) is 21.6 Å². The molecule has 124 valence electrons. The molecule has 2 aromatic heterocycles. The molecule has 24 heavy (non-hydrogen) atoms. The van der Waals surface area contributed by atoms with Crippen LogP contribution in [-0.2, 0) is 6.54 Å². The smallest absolute Gasteiger partial charge is 0.257 e. The molecule has 0 aliphatic carbocycles. The first-order valence-electron chi connectivity index (χ1n) is 8.08. The molecule has 1 saturated heterocycles. The maximum absolute atomic E-state index is 6.31. The van der Waals surface area contributed by atoms with Crippen LogP contribution in [0.5, 0.6) is 0 Å². The molecule has 1 unspecified atom stereocenters. The second kappa shape index (κ2) is 6.67. The van der Waals surface area contributed by atoms with Gasteiger partial charge in [-0.05, 0) is 50.1 Å². The van der Waals surface area contributed by atoms with E-state index in [1.807, 2.05) is 24.3 Å². The van der Waals surface area contributed by atoms with Crippen molar-refractivity contribution >= 4 is 22.9 Å². The quantitative estimate of drug-likeness (QED) is 0.650. The lowest BCUT2D eigenvalue weighted by Crippen LogP contribution is -2.23. The fraction of sp³-hybridized carbons (Fsp3) is 0.333. The summed E-state index contributed by atoms with van der Waals surface area (Å²) in [6, 6.07) is 12.3. The molecule has 0 saturated carbocycles. The van der Waals surface area contributed by atoms with E-state index in [0.717, 1.165) is 41.4 Å². The van der Waals surface area contributed by atoms with E-state index in [1.165, 1.54) is 4.88 Å². The van der Waals surface area contributed by atoms with Crippen molar-refractivity contribution in [2.24, 2.45) is 0 Å². The van der Waals surface area contributed by atoms with Gasteiger partial charge < -0.3 is 4.42 Å². The number of halogens is 1. The third kappa shape index (κ3) is 3.11. The van der Waals surface area contributed by atoms with Crippen molar-refractivity contribution in [3.05, 3.63) is 57.8 Å². The highest BCUT2D eigenvalue weighted by Gasteiger charge is 2.31. The van der Waals surface area contributed by atoms with Crippen molar-refractivity contribution in [2.75, 3.05) is 6.54 Å². The molecule has 3 heterocycles. The fourth-order valence-electron chi connectivity index (χ4n) is 3.16. The molecule has 1 aromatic carbocycles. The molecule has 1 atom stereocenters. The van der Waals surface area contributed by atoms with Crippen LogP contribution in [0.4, 0.5) is 0 Å². The van der Waals surface area contributed by atoms with E-state index in [9.17, 15) is 0 Å². The molecule has 1 aliphatic heterocycles. The van der Waals surface area contributed by atoms with Crippen LogP contribution in [0, 0.1) is 6.92 Å². The molecule has 4 rings (SSSR count). The van der Waals surface area contributed by atoms with Crippen LogP contribution in [0.1, 0.15) is 35.2 Å². The molecule has 1 fully saturated rings. The lowest BCUT2D eigenvalue weighted by Gasteiger charge is -2.22. The molecule has 0 N–H and O–H groups in total. The summed E-state index contributed by atoms with van der Waals surface area (Å²) in [5.74, 6) is 1.33. The minimum Gasteiger partial charge on any atom is -0.418 e. The molecule has 0 radical (unpaired) electrons. The van der Waals surface area contributed by atoms with Gasteiger partial charge >= 0.3 is 0 Å². The number of hydrogen-bond acceptors (Lipinski definition) is 5. The number of hydrogen-bond donors (Lipinski definition) is 0. The van der Waals surface area contributed by atoms with E-state index < -0.39 is 0 Å². The lowest BCUT2D eigenvalue weighted by molar-refractivity contribution is 0.215. The molecule has 3 aromatic rings. The van der Waals surface area contributed by atoms with E-state index in [2.05, 4.69) is 34.2 Å². The van der Waals surface area contributed by atoms with Crippen LogP contribution in [0.15, 0.2) is 40.8 Å². The highest BCUT2D eigenvalue weighted by Crippen LogP contribution is 2.35.